The summed E-state index contributed by atoms with van der Waals surface area (Å²) in [4.78, 5) is 35.8. The average molecular weight is 411 g/mol. The molecule has 0 aliphatic heterocycles. The molecule has 0 aliphatic carbocycles. The van der Waals surface area contributed by atoms with E-state index in [-0.39, 0.29) is 17.9 Å². The van der Waals surface area contributed by atoms with Crippen LogP contribution < -0.4 is 10.9 Å². The summed E-state index contributed by atoms with van der Waals surface area (Å²) in [6.07, 6.45) is 1.65. The maximum absolute atomic E-state index is 12.3. The van der Waals surface area contributed by atoms with E-state index >= 15 is 0 Å². The van der Waals surface area contributed by atoms with Crippen molar-refractivity contribution in [2.45, 2.75) is 52.9 Å². The molecule has 2 N–H and O–H groups in total. The number of H-pyrrole nitrogens is 1. The van der Waals surface area contributed by atoms with Crippen LogP contribution in [-0.4, -0.2) is 20.9 Å². The van der Waals surface area contributed by atoms with Crippen molar-refractivity contribution in [1.82, 2.24) is 15.0 Å². The summed E-state index contributed by atoms with van der Waals surface area (Å²) in [5, 5.41) is 5.32. The molecule has 3 aromatic rings. The minimum atomic E-state index is -0.180. The average Bonchev–Trinajstić information content (AvgIpc) is 3.15. The lowest BCUT2D eigenvalue weighted by molar-refractivity contribution is -0.116. The Balaban J connectivity index is 1.61. The van der Waals surface area contributed by atoms with Crippen LogP contribution in [0.15, 0.2) is 34.4 Å². The molecule has 0 aliphatic rings. The van der Waals surface area contributed by atoms with E-state index in [1.165, 1.54) is 16.9 Å². The van der Waals surface area contributed by atoms with Crippen LogP contribution in [0.25, 0.3) is 11.3 Å². The van der Waals surface area contributed by atoms with E-state index in [9.17, 15) is 9.59 Å². The Kier molecular flexibility index (Phi) is 6.59. The molecule has 1 atom stereocenters. The SMILES string of the molecule is CC[C@@H](C)c1ccc(-c2csc(NC(=O)CCc3c(C)nc(C)[nH]c3=O)n2)cc1. The minimum Gasteiger partial charge on any atom is -0.311 e. The van der Waals surface area contributed by atoms with Crippen LogP contribution in [0.1, 0.15) is 55.3 Å². The summed E-state index contributed by atoms with van der Waals surface area (Å²) < 4.78 is 0. The van der Waals surface area contributed by atoms with Crippen LogP contribution in [0.2, 0.25) is 0 Å². The Hall–Kier alpha value is -2.80. The van der Waals surface area contributed by atoms with Gasteiger partial charge in [0.1, 0.15) is 5.82 Å². The van der Waals surface area contributed by atoms with Gasteiger partial charge < -0.3 is 10.3 Å². The number of carbonyl (C=O) groups is 1. The van der Waals surface area contributed by atoms with Gasteiger partial charge in [-0.25, -0.2) is 9.97 Å². The second-order valence-electron chi connectivity index (χ2n) is 7.23. The molecule has 3 rings (SSSR count). The second-order valence-corrected chi connectivity index (χ2v) is 8.09. The second kappa shape index (κ2) is 9.13. The maximum atomic E-state index is 12.3. The molecular weight excluding hydrogens is 384 g/mol. The van der Waals surface area contributed by atoms with Gasteiger partial charge in [-0.05, 0) is 38.2 Å². The standard InChI is InChI=1S/C22H26N4O2S/c1-5-13(2)16-6-8-17(9-7-16)19-12-29-22(25-19)26-20(27)11-10-18-14(3)23-15(4)24-21(18)28/h6-9,12-13H,5,10-11H2,1-4H3,(H,23,24,28)(H,25,26,27)/t13-/m1/s1. The first-order valence-electron chi connectivity index (χ1n) is 9.79. The zero-order valence-electron chi connectivity index (χ0n) is 17.2. The molecule has 2 aromatic heterocycles. The molecule has 0 radical (unpaired) electrons. The lowest BCUT2D eigenvalue weighted by atomic mass is 9.97. The number of aromatic amines is 1. The maximum Gasteiger partial charge on any atom is 0.254 e. The number of anilines is 1. The van der Waals surface area contributed by atoms with Crippen molar-refractivity contribution >= 4 is 22.4 Å². The number of aryl methyl sites for hydroxylation is 2. The first-order valence-corrected chi connectivity index (χ1v) is 10.7. The van der Waals surface area contributed by atoms with Crippen molar-refractivity contribution in [2.75, 3.05) is 5.32 Å². The van der Waals surface area contributed by atoms with Crippen molar-refractivity contribution in [3.63, 3.8) is 0 Å². The highest BCUT2D eigenvalue weighted by molar-refractivity contribution is 7.14. The summed E-state index contributed by atoms with van der Waals surface area (Å²) in [5.41, 5.74) is 4.22. The Morgan fingerprint density at radius 1 is 1.21 bits per heavy atom. The zero-order valence-corrected chi connectivity index (χ0v) is 18.0. The van der Waals surface area contributed by atoms with Gasteiger partial charge in [0.25, 0.3) is 5.56 Å². The van der Waals surface area contributed by atoms with Gasteiger partial charge in [-0.3, -0.25) is 9.59 Å². The smallest absolute Gasteiger partial charge is 0.254 e. The summed E-state index contributed by atoms with van der Waals surface area (Å²) in [6.45, 7) is 7.92. The van der Waals surface area contributed by atoms with E-state index < -0.39 is 0 Å². The zero-order chi connectivity index (χ0) is 21.0. The van der Waals surface area contributed by atoms with E-state index in [1.807, 2.05) is 5.38 Å². The first-order chi connectivity index (χ1) is 13.9. The highest BCUT2D eigenvalue weighted by Crippen LogP contribution is 2.27. The summed E-state index contributed by atoms with van der Waals surface area (Å²) >= 11 is 1.39. The number of hydrogen-bond acceptors (Lipinski definition) is 5. The van der Waals surface area contributed by atoms with Crippen LogP contribution >= 0.6 is 11.3 Å². The highest BCUT2D eigenvalue weighted by atomic mass is 32.1. The quantitative estimate of drug-likeness (QED) is 0.596. The van der Waals surface area contributed by atoms with E-state index in [2.05, 4.69) is 58.4 Å². The van der Waals surface area contributed by atoms with Gasteiger partial charge in [-0.15, -0.1) is 11.3 Å². The van der Waals surface area contributed by atoms with Gasteiger partial charge in [0.05, 0.1) is 5.69 Å². The molecule has 7 heteroatoms. The van der Waals surface area contributed by atoms with Crippen LogP contribution in [0.5, 0.6) is 0 Å². The monoisotopic (exact) mass is 410 g/mol. The molecule has 0 unspecified atom stereocenters. The van der Waals surface area contributed by atoms with Crippen LogP contribution in [0.3, 0.4) is 0 Å². The van der Waals surface area contributed by atoms with Crippen LogP contribution in [0, 0.1) is 13.8 Å². The van der Waals surface area contributed by atoms with Gasteiger partial charge in [-0.1, -0.05) is 38.1 Å². The Morgan fingerprint density at radius 2 is 1.93 bits per heavy atom. The number of carbonyl (C=O) groups excluding carboxylic acids is 1. The van der Waals surface area contributed by atoms with Gasteiger partial charge in [0.15, 0.2) is 5.13 Å². The molecule has 1 aromatic carbocycles. The van der Waals surface area contributed by atoms with Crippen LogP contribution in [0.4, 0.5) is 5.13 Å². The van der Waals surface area contributed by atoms with Crippen molar-refractivity contribution in [1.29, 1.82) is 0 Å². The number of aromatic nitrogens is 3. The molecule has 0 fully saturated rings. The number of thiazole rings is 1. The van der Waals surface area contributed by atoms with E-state index in [4.69, 9.17) is 0 Å². The highest BCUT2D eigenvalue weighted by Gasteiger charge is 2.12. The Morgan fingerprint density at radius 3 is 2.59 bits per heavy atom. The van der Waals surface area contributed by atoms with E-state index in [0.29, 0.717) is 34.6 Å². The van der Waals surface area contributed by atoms with Crippen molar-refractivity contribution in [3.05, 3.63) is 62.6 Å². The summed E-state index contributed by atoms with van der Waals surface area (Å²) in [6, 6.07) is 8.41. The number of nitrogens with zero attached hydrogens (tertiary/aromatic N) is 2. The summed E-state index contributed by atoms with van der Waals surface area (Å²) in [5.74, 6) is 0.944. The van der Waals surface area contributed by atoms with E-state index in [0.717, 1.165) is 17.7 Å². The molecule has 0 saturated heterocycles. The van der Waals surface area contributed by atoms with Crippen LogP contribution in [-0.2, 0) is 11.2 Å². The molecule has 0 saturated carbocycles. The predicted molar refractivity (Wildman–Crippen MR) is 118 cm³/mol. The van der Waals surface area contributed by atoms with Crippen molar-refractivity contribution in [3.8, 4) is 11.3 Å². The molecule has 2 heterocycles. The number of amides is 1. The fourth-order valence-corrected chi connectivity index (χ4v) is 3.88. The van der Waals surface area contributed by atoms with Gasteiger partial charge in [0, 0.05) is 28.6 Å². The molecular formula is C22H26N4O2S. The largest absolute Gasteiger partial charge is 0.311 e. The topological polar surface area (TPSA) is 87.7 Å². The third-order valence-electron chi connectivity index (χ3n) is 5.08. The molecule has 6 nitrogen and oxygen atoms in total. The van der Waals surface area contributed by atoms with Gasteiger partial charge >= 0.3 is 0 Å². The molecule has 0 bridgehead atoms. The van der Waals surface area contributed by atoms with Crippen molar-refractivity contribution in [2.24, 2.45) is 0 Å². The van der Waals surface area contributed by atoms with Gasteiger partial charge in [-0.2, -0.15) is 0 Å². The first kappa shape index (κ1) is 20.9. The fraction of sp³-hybridized carbons (Fsp3) is 0.364. The Bertz CT molecular complexity index is 1050. The molecule has 152 valence electrons. The third kappa shape index (κ3) is 5.17. The Labute approximate surface area is 174 Å². The lowest BCUT2D eigenvalue weighted by Crippen LogP contribution is -2.20. The van der Waals surface area contributed by atoms with Crippen molar-refractivity contribution < 1.29 is 4.79 Å². The summed E-state index contributed by atoms with van der Waals surface area (Å²) in [7, 11) is 0. The van der Waals surface area contributed by atoms with E-state index in [1.54, 1.807) is 13.8 Å². The number of benzene rings is 1. The molecule has 0 spiro atoms. The molecule has 1 amide bonds. The fourth-order valence-electron chi connectivity index (χ4n) is 3.15. The lowest BCUT2D eigenvalue weighted by Gasteiger charge is -2.08. The number of rotatable bonds is 7. The predicted octanol–water partition coefficient (Wildman–Crippen LogP) is 4.60. The van der Waals surface area contributed by atoms with Gasteiger partial charge in [0.2, 0.25) is 5.91 Å². The third-order valence-corrected chi connectivity index (χ3v) is 5.84. The normalized spacial score (nSPS) is 12.0. The minimum absolute atomic E-state index is 0.169. The number of nitrogens with one attached hydrogen (secondary N) is 2. The number of hydrogen-bond donors (Lipinski definition) is 2. The molecule has 29 heavy (non-hydrogen) atoms.